The Hall–Kier alpha value is -3.00. The first-order valence-corrected chi connectivity index (χ1v) is 15.1. The van der Waals surface area contributed by atoms with Crippen molar-refractivity contribution in [2.75, 3.05) is 18.5 Å². The molecule has 7 rings (SSSR count). The molecule has 1 aromatic heterocycles. The standard InChI is InChI=1S/C32H41N3O5/c36-26(37)8-7-23-5-4-6-25(21-23)33-28(38)32(11-2-1-3-12-32)22-30-13-16-31(17-14-30,18-15-30)29-34-27(35-40-29)24-9-19-39-20-10-24/h4-8,21,24H,1-3,9-20,22H2,(H,33,38)(H,36,37)/b8-7+. The molecule has 0 radical (unpaired) electrons. The van der Waals surface area contributed by atoms with Gasteiger partial charge in [0.2, 0.25) is 11.8 Å². The third kappa shape index (κ3) is 5.47. The van der Waals surface area contributed by atoms with Crippen LogP contribution < -0.4 is 5.32 Å². The number of nitrogens with one attached hydrogen (secondary N) is 1. The molecule has 0 unspecified atom stereocenters. The van der Waals surface area contributed by atoms with Gasteiger partial charge < -0.3 is 19.7 Å². The first-order chi connectivity index (χ1) is 19.4. The molecular formula is C32H41N3O5. The number of benzene rings is 1. The largest absolute Gasteiger partial charge is 0.478 e. The summed E-state index contributed by atoms with van der Waals surface area (Å²) >= 11 is 0. The third-order valence-electron chi connectivity index (χ3n) is 10.5. The summed E-state index contributed by atoms with van der Waals surface area (Å²) in [5.74, 6) is 1.17. The number of carboxylic acid groups (broad SMARTS) is 1. The summed E-state index contributed by atoms with van der Waals surface area (Å²) < 4.78 is 11.4. The summed E-state index contributed by atoms with van der Waals surface area (Å²) in [4.78, 5) is 29.9. The Kier molecular flexibility index (Phi) is 7.55. The van der Waals surface area contributed by atoms with Gasteiger partial charge >= 0.3 is 5.97 Å². The van der Waals surface area contributed by atoms with Crippen LogP contribution in [0.3, 0.4) is 0 Å². The van der Waals surface area contributed by atoms with Crippen molar-refractivity contribution in [3.8, 4) is 0 Å². The quantitative estimate of drug-likeness (QED) is 0.356. The summed E-state index contributed by atoms with van der Waals surface area (Å²) in [6, 6.07) is 7.44. The number of aromatic nitrogens is 2. The van der Waals surface area contributed by atoms with E-state index < -0.39 is 5.97 Å². The van der Waals surface area contributed by atoms with Crippen LogP contribution in [-0.2, 0) is 19.7 Å². The molecule has 4 aliphatic carbocycles. The number of hydrogen-bond acceptors (Lipinski definition) is 6. The molecule has 5 aliphatic rings. The Morgan fingerprint density at radius 1 is 1.00 bits per heavy atom. The number of hydrogen-bond donors (Lipinski definition) is 2. The Morgan fingerprint density at radius 3 is 2.42 bits per heavy atom. The van der Waals surface area contributed by atoms with Gasteiger partial charge in [0, 0.05) is 36.3 Å². The smallest absolute Gasteiger partial charge is 0.328 e. The summed E-state index contributed by atoms with van der Waals surface area (Å²) in [7, 11) is 0. The van der Waals surface area contributed by atoms with Crippen molar-refractivity contribution in [2.24, 2.45) is 10.8 Å². The lowest BCUT2D eigenvalue weighted by molar-refractivity contribution is -0.132. The van der Waals surface area contributed by atoms with Crippen LogP contribution in [0, 0.1) is 10.8 Å². The third-order valence-corrected chi connectivity index (χ3v) is 10.5. The van der Waals surface area contributed by atoms with Crippen molar-refractivity contribution >= 4 is 23.6 Å². The Balaban J connectivity index is 1.15. The lowest BCUT2D eigenvalue weighted by atomic mass is 9.49. The molecule has 1 aliphatic heterocycles. The molecule has 1 saturated heterocycles. The van der Waals surface area contributed by atoms with E-state index >= 15 is 0 Å². The number of carbonyl (C=O) groups excluding carboxylic acids is 1. The minimum absolute atomic E-state index is 0.00986. The molecule has 8 heteroatoms. The number of rotatable bonds is 8. The van der Waals surface area contributed by atoms with Crippen LogP contribution in [0.1, 0.15) is 113 Å². The number of carbonyl (C=O) groups is 2. The van der Waals surface area contributed by atoms with E-state index in [0.717, 1.165) is 126 Å². The van der Waals surface area contributed by atoms with Gasteiger partial charge in [0.25, 0.3) is 0 Å². The number of carboxylic acids is 1. The van der Waals surface area contributed by atoms with Gasteiger partial charge in [-0.25, -0.2) is 4.79 Å². The first kappa shape index (κ1) is 27.2. The van der Waals surface area contributed by atoms with E-state index in [-0.39, 0.29) is 22.2 Å². The summed E-state index contributed by atoms with van der Waals surface area (Å²) in [6.45, 7) is 1.54. The molecule has 8 nitrogen and oxygen atoms in total. The van der Waals surface area contributed by atoms with E-state index in [1.807, 2.05) is 24.3 Å². The molecule has 1 aromatic carbocycles. The zero-order valence-corrected chi connectivity index (χ0v) is 23.3. The highest BCUT2D eigenvalue weighted by Gasteiger charge is 2.55. The van der Waals surface area contributed by atoms with Crippen molar-refractivity contribution < 1.29 is 24.0 Å². The van der Waals surface area contributed by atoms with Gasteiger partial charge in [0.15, 0.2) is 5.82 Å². The van der Waals surface area contributed by atoms with Crippen molar-refractivity contribution in [3.63, 3.8) is 0 Å². The van der Waals surface area contributed by atoms with Crippen LogP contribution in [0.5, 0.6) is 0 Å². The van der Waals surface area contributed by atoms with Crippen molar-refractivity contribution in [2.45, 2.75) is 101 Å². The molecule has 4 saturated carbocycles. The van der Waals surface area contributed by atoms with Crippen LogP contribution in [0.15, 0.2) is 34.9 Å². The van der Waals surface area contributed by atoms with Gasteiger partial charge in [-0.3, -0.25) is 4.79 Å². The number of anilines is 1. The van der Waals surface area contributed by atoms with E-state index in [1.54, 1.807) is 6.08 Å². The van der Waals surface area contributed by atoms with E-state index in [9.17, 15) is 9.59 Å². The topological polar surface area (TPSA) is 115 Å². The fourth-order valence-electron chi connectivity index (χ4n) is 8.00. The molecule has 2 heterocycles. The average Bonchev–Trinajstić information content (AvgIpc) is 3.50. The maximum atomic E-state index is 14.0. The second kappa shape index (κ2) is 11.1. The number of aliphatic carboxylic acids is 1. The van der Waals surface area contributed by atoms with E-state index in [0.29, 0.717) is 5.92 Å². The van der Waals surface area contributed by atoms with Gasteiger partial charge in [-0.15, -0.1) is 0 Å². The van der Waals surface area contributed by atoms with Gasteiger partial charge in [-0.1, -0.05) is 36.6 Å². The molecule has 40 heavy (non-hydrogen) atoms. The molecule has 2 bridgehead atoms. The van der Waals surface area contributed by atoms with E-state index in [4.69, 9.17) is 19.4 Å². The fourth-order valence-corrected chi connectivity index (χ4v) is 8.00. The molecule has 214 valence electrons. The normalized spacial score (nSPS) is 28.5. The highest BCUT2D eigenvalue weighted by Crippen LogP contribution is 2.62. The lowest BCUT2D eigenvalue weighted by Crippen LogP contribution is -2.49. The fraction of sp³-hybridized carbons (Fsp3) is 0.625. The van der Waals surface area contributed by atoms with Gasteiger partial charge in [0.05, 0.1) is 5.41 Å². The van der Waals surface area contributed by atoms with Crippen LogP contribution in [0.4, 0.5) is 5.69 Å². The van der Waals surface area contributed by atoms with E-state index in [1.165, 1.54) is 6.42 Å². The average molecular weight is 548 g/mol. The summed E-state index contributed by atoms with van der Waals surface area (Å²) in [6.07, 6.45) is 17.2. The van der Waals surface area contributed by atoms with Crippen molar-refractivity contribution in [1.29, 1.82) is 0 Å². The van der Waals surface area contributed by atoms with Gasteiger partial charge in [-0.2, -0.15) is 4.98 Å². The number of nitrogens with zero attached hydrogens (tertiary/aromatic N) is 2. The Morgan fingerprint density at radius 2 is 1.73 bits per heavy atom. The number of amides is 1. The predicted molar refractivity (Wildman–Crippen MR) is 151 cm³/mol. The second-order valence-electron chi connectivity index (χ2n) is 12.9. The summed E-state index contributed by atoms with van der Waals surface area (Å²) in [5, 5.41) is 16.6. The maximum absolute atomic E-state index is 14.0. The second-order valence-corrected chi connectivity index (χ2v) is 12.9. The number of ether oxygens (including phenoxy) is 1. The van der Waals surface area contributed by atoms with Gasteiger partial charge in [0.1, 0.15) is 0 Å². The Bertz CT molecular complexity index is 1230. The van der Waals surface area contributed by atoms with Crippen LogP contribution in [0.25, 0.3) is 6.08 Å². The molecular weight excluding hydrogens is 506 g/mol. The Labute approximate surface area is 235 Å². The molecule has 1 amide bonds. The minimum atomic E-state index is -0.988. The van der Waals surface area contributed by atoms with Crippen LogP contribution in [-0.4, -0.2) is 40.3 Å². The van der Waals surface area contributed by atoms with Crippen LogP contribution in [0.2, 0.25) is 0 Å². The molecule has 0 atom stereocenters. The lowest BCUT2D eigenvalue weighted by Gasteiger charge is -2.55. The molecule has 5 fully saturated rings. The van der Waals surface area contributed by atoms with E-state index in [2.05, 4.69) is 10.5 Å². The van der Waals surface area contributed by atoms with Crippen molar-refractivity contribution in [1.82, 2.24) is 10.1 Å². The molecule has 2 N–H and O–H groups in total. The highest BCUT2D eigenvalue weighted by molar-refractivity contribution is 5.96. The monoisotopic (exact) mass is 547 g/mol. The zero-order valence-electron chi connectivity index (χ0n) is 23.3. The summed E-state index contributed by atoms with van der Waals surface area (Å²) in [5.41, 5.74) is 1.30. The minimum Gasteiger partial charge on any atom is -0.478 e. The maximum Gasteiger partial charge on any atom is 0.328 e. The van der Waals surface area contributed by atoms with Gasteiger partial charge in [-0.05, 0) is 99.8 Å². The predicted octanol–water partition coefficient (Wildman–Crippen LogP) is 6.63. The molecule has 0 spiro atoms. The van der Waals surface area contributed by atoms with Crippen molar-refractivity contribution in [3.05, 3.63) is 47.6 Å². The SMILES string of the molecule is O=C(O)/C=C/c1cccc(NC(=O)C2(CC34CCC(c5nc(C6CCOCC6)no5)(CC3)CC4)CCCCC2)c1. The highest BCUT2D eigenvalue weighted by atomic mass is 16.5. The first-order valence-electron chi connectivity index (χ1n) is 15.1. The number of fused-ring (bicyclic) bond motifs is 3. The zero-order chi connectivity index (χ0) is 27.6. The van der Waals surface area contributed by atoms with Crippen LogP contribution >= 0.6 is 0 Å². The molecule has 2 aromatic rings.